The van der Waals surface area contributed by atoms with Crippen LogP contribution in [0, 0.1) is 0 Å². The Kier molecular flexibility index (Phi) is 5.95. The summed E-state index contributed by atoms with van der Waals surface area (Å²) >= 11 is 0. The highest BCUT2D eigenvalue weighted by Crippen LogP contribution is 2.28. The van der Waals surface area contributed by atoms with Crippen molar-refractivity contribution in [3.63, 3.8) is 0 Å². The molecule has 2 amide bonds. The highest BCUT2D eigenvalue weighted by atomic mass is 16.2. The van der Waals surface area contributed by atoms with Crippen molar-refractivity contribution in [1.82, 2.24) is 9.88 Å². The summed E-state index contributed by atoms with van der Waals surface area (Å²) in [5.41, 5.74) is 3.24. The number of hydrogen-bond donors (Lipinski definition) is 1. The number of piperazine rings is 1. The van der Waals surface area contributed by atoms with Crippen LogP contribution in [0.25, 0.3) is 0 Å². The lowest BCUT2D eigenvalue weighted by atomic mass is 10.2. The fourth-order valence-electron chi connectivity index (χ4n) is 4.08. The van der Waals surface area contributed by atoms with E-state index in [1.807, 2.05) is 41.6 Å². The topological polar surface area (TPSA) is 51.7 Å². The molecule has 2 fully saturated rings. The normalized spacial score (nSPS) is 17.9. The van der Waals surface area contributed by atoms with Crippen LogP contribution < -0.4 is 15.1 Å². The van der Waals surface area contributed by atoms with Crippen LogP contribution in [0.1, 0.15) is 25.7 Å². The molecule has 2 aliphatic heterocycles. The molecule has 1 aromatic carbocycles. The number of aromatic nitrogens is 1. The smallest absolute Gasteiger partial charge is 0.322 e. The van der Waals surface area contributed by atoms with Crippen molar-refractivity contribution in [3.8, 4) is 0 Å². The van der Waals surface area contributed by atoms with Gasteiger partial charge in [-0.15, -0.1) is 0 Å². The molecule has 0 atom stereocenters. The fraction of sp³-hybridized carbons (Fsp3) is 0.455. The molecular formula is C22H29N5O. The zero-order valence-electron chi connectivity index (χ0n) is 16.4. The molecule has 1 N–H and O–H groups in total. The van der Waals surface area contributed by atoms with Gasteiger partial charge in [-0.1, -0.05) is 25.0 Å². The van der Waals surface area contributed by atoms with Crippen LogP contribution in [0.2, 0.25) is 0 Å². The number of amides is 2. The lowest BCUT2D eigenvalue weighted by molar-refractivity contribution is 0.208. The molecule has 2 aliphatic rings. The molecule has 6 nitrogen and oxygen atoms in total. The maximum atomic E-state index is 12.9. The van der Waals surface area contributed by atoms with Gasteiger partial charge in [-0.2, -0.15) is 0 Å². The summed E-state index contributed by atoms with van der Waals surface area (Å²) in [5.74, 6) is 0. The van der Waals surface area contributed by atoms with E-state index in [9.17, 15) is 4.79 Å². The first-order valence-electron chi connectivity index (χ1n) is 10.4. The summed E-state index contributed by atoms with van der Waals surface area (Å²) in [5, 5.41) is 3.17. The van der Waals surface area contributed by atoms with Gasteiger partial charge in [-0.3, -0.25) is 4.98 Å². The molecule has 0 bridgehead atoms. The Labute approximate surface area is 167 Å². The zero-order valence-corrected chi connectivity index (χ0v) is 16.4. The van der Waals surface area contributed by atoms with Crippen molar-refractivity contribution in [2.75, 3.05) is 54.4 Å². The lowest BCUT2D eigenvalue weighted by Gasteiger charge is -2.36. The Hall–Kier alpha value is -2.76. The van der Waals surface area contributed by atoms with E-state index >= 15 is 0 Å². The Bertz CT molecular complexity index is 766. The van der Waals surface area contributed by atoms with Gasteiger partial charge in [-0.05, 0) is 37.1 Å². The van der Waals surface area contributed by atoms with Gasteiger partial charge in [0, 0.05) is 57.3 Å². The SMILES string of the molecule is O=C(Nc1ccccc1N1CCCCCC1)N1CCN(c2ccncc2)CC1. The third-order valence-electron chi connectivity index (χ3n) is 5.69. The van der Waals surface area contributed by atoms with Crippen LogP contribution in [0.4, 0.5) is 21.9 Å². The minimum Gasteiger partial charge on any atom is -0.370 e. The van der Waals surface area contributed by atoms with E-state index in [2.05, 4.69) is 32.2 Å². The van der Waals surface area contributed by atoms with Crippen LogP contribution in [-0.4, -0.2) is 55.2 Å². The van der Waals surface area contributed by atoms with Crippen molar-refractivity contribution < 1.29 is 4.79 Å². The maximum absolute atomic E-state index is 12.9. The number of carbonyl (C=O) groups is 1. The van der Waals surface area contributed by atoms with Gasteiger partial charge < -0.3 is 20.0 Å². The Balaban J connectivity index is 1.38. The first kappa shape index (κ1) is 18.6. The Morgan fingerprint density at radius 1 is 0.786 bits per heavy atom. The second-order valence-corrected chi connectivity index (χ2v) is 7.53. The third-order valence-corrected chi connectivity index (χ3v) is 5.69. The Morgan fingerprint density at radius 3 is 2.18 bits per heavy atom. The molecule has 0 spiro atoms. The molecule has 0 aliphatic carbocycles. The lowest BCUT2D eigenvalue weighted by Crippen LogP contribution is -2.50. The molecule has 0 unspecified atom stereocenters. The van der Waals surface area contributed by atoms with Gasteiger partial charge in [0.1, 0.15) is 0 Å². The second-order valence-electron chi connectivity index (χ2n) is 7.53. The number of carbonyl (C=O) groups excluding carboxylic acids is 1. The van der Waals surface area contributed by atoms with E-state index in [-0.39, 0.29) is 6.03 Å². The first-order valence-corrected chi connectivity index (χ1v) is 10.4. The molecule has 1 aromatic heterocycles. The van der Waals surface area contributed by atoms with Crippen molar-refractivity contribution in [3.05, 3.63) is 48.8 Å². The van der Waals surface area contributed by atoms with Crippen LogP contribution in [0.15, 0.2) is 48.8 Å². The van der Waals surface area contributed by atoms with Crippen LogP contribution in [0.3, 0.4) is 0 Å². The van der Waals surface area contributed by atoms with Gasteiger partial charge in [0.15, 0.2) is 0 Å². The van der Waals surface area contributed by atoms with Crippen molar-refractivity contribution in [1.29, 1.82) is 0 Å². The number of urea groups is 1. The van der Waals surface area contributed by atoms with E-state index in [4.69, 9.17) is 0 Å². The number of nitrogens with zero attached hydrogens (tertiary/aromatic N) is 4. The molecule has 0 saturated carbocycles. The van der Waals surface area contributed by atoms with E-state index in [1.165, 1.54) is 31.4 Å². The summed E-state index contributed by atoms with van der Waals surface area (Å²) in [6, 6.07) is 12.2. The van der Waals surface area contributed by atoms with E-state index in [0.29, 0.717) is 0 Å². The summed E-state index contributed by atoms with van der Waals surface area (Å²) in [6.07, 6.45) is 8.67. The highest BCUT2D eigenvalue weighted by Gasteiger charge is 2.22. The molecule has 2 saturated heterocycles. The molecule has 2 aromatic rings. The molecule has 3 heterocycles. The summed E-state index contributed by atoms with van der Waals surface area (Å²) in [7, 11) is 0. The number of nitrogens with one attached hydrogen (secondary N) is 1. The molecule has 4 rings (SSSR count). The predicted octanol–water partition coefficient (Wildman–Crippen LogP) is 3.82. The van der Waals surface area contributed by atoms with Crippen LogP contribution in [0.5, 0.6) is 0 Å². The largest absolute Gasteiger partial charge is 0.370 e. The average molecular weight is 380 g/mol. The second kappa shape index (κ2) is 8.95. The standard InChI is InChI=1S/C22H29N5O/c28-22(27-17-15-25(16-18-27)19-9-11-23-12-10-19)24-20-7-3-4-8-21(20)26-13-5-1-2-6-14-26/h3-4,7-12H,1-2,5-6,13-18H2,(H,24,28). The van der Waals surface area contributed by atoms with E-state index in [0.717, 1.165) is 50.6 Å². The Morgan fingerprint density at radius 2 is 1.46 bits per heavy atom. The number of hydrogen-bond acceptors (Lipinski definition) is 4. The summed E-state index contributed by atoms with van der Waals surface area (Å²) in [4.78, 5) is 23.6. The fourth-order valence-corrected chi connectivity index (χ4v) is 4.08. The zero-order chi connectivity index (χ0) is 19.2. The van der Waals surface area contributed by atoms with Gasteiger partial charge >= 0.3 is 6.03 Å². The monoisotopic (exact) mass is 379 g/mol. The maximum Gasteiger partial charge on any atom is 0.322 e. The van der Waals surface area contributed by atoms with Crippen molar-refractivity contribution in [2.24, 2.45) is 0 Å². The van der Waals surface area contributed by atoms with Gasteiger partial charge in [0.2, 0.25) is 0 Å². The van der Waals surface area contributed by atoms with Gasteiger partial charge in [0.25, 0.3) is 0 Å². The molecule has 28 heavy (non-hydrogen) atoms. The van der Waals surface area contributed by atoms with Gasteiger partial charge in [-0.25, -0.2) is 4.79 Å². The van der Waals surface area contributed by atoms with Crippen LogP contribution >= 0.6 is 0 Å². The molecule has 6 heteroatoms. The van der Waals surface area contributed by atoms with Crippen molar-refractivity contribution in [2.45, 2.75) is 25.7 Å². The number of pyridine rings is 1. The van der Waals surface area contributed by atoms with Crippen molar-refractivity contribution >= 4 is 23.1 Å². The first-order chi connectivity index (χ1) is 13.8. The molecular weight excluding hydrogens is 350 g/mol. The number of benzene rings is 1. The minimum absolute atomic E-state index is 0.00310. The summed E-state index contributed by atoms with van der Waals surface area (Å²) < 4.78 is 0. The van der Waals surface area contributed by atoms with Gasteiger partial charge in [0.05, 0.1) is 11.4 Å². The third kappa shape index (κ3) is 4.38. The number of rotatable bonds is 3. The van der Waals surface area contributed by atoms with E-state index < -0.39 is 0 Å². The summed E-state index contributed by atoms with van der Waals surface area (Å²) in [6.45, 7) is 5.26. The minimum atomic E-state index is -0.00310. The highest BCUT2D eigenvalue weighted by molar-refractivity contribution is 5.93. The number of para-hydroxylation sites is 2. The average Bonchev–Trinajstić information content (AvgIpc) is 3.04. The molecule has 148 valence electrons. The number of anilines is 3. The molecule has 0 radical (unpaired) electrons. The van der Waals surface area contributed by atoms with Crippen LogP contribution in [-0.2, 0) is 0 Å². The quantitative estimate of drug-likeness (QED) is 0.881. The predicted molar refractivity (Wildman–Crippen MR) is 114 cm³/mol. The van der Waals surface area contributed by atoms with E-state index in [1.54, 1.807) is 0 Å².